The van der Waals surface area contributed by atoms with Gasteiger partial charge in [-0.05, 0) is 18.6 Å². The van der Waals surface area contributed by atoms with Crippen molar-refractivity contribution in [3.05, 3.63) is 68.0 Å². The number of benzene rings is 1. The van der Waals surface area contributed by atoms with Gasteiger partial charge < -0.3 is 5.32 Å². The molecule has 0 fully saturated rings. The molecular formula is C15H16ClN3O3. The van der Waals surface area contributed by atoms with Crippen molar-refractivity contribution >= 4 is 17.5 Å². The summed E-state index contributed by atoms with van der Waals surface area (Å²) in [6.45, 7) is 1.64. The molecule has 22 heavy (non-hydrogen) atoms. The van der Waals surface area contributed by atoms with Gasteiger partial charge in [0, 0.05) is 24.3 Å². The fraction of sp³-hybridized carbons (Fsp3) is 0.267. The van der Waals surface area contributed by atoms with Crippen LogP contribution in [0.3, 0.4) is 0 Å². The van der Waals surface area contributed by atoms with Gasteiger partial charge in [0.2, 0.25) is 5.91 Å². The van der Waals surface area contributed by atoms with Crippen molar-refractivity contribution in [1.29, 1.82) is 0 Å². The van der Waals surface area contributed by atoms with Gasteiger partial charge in [-0.15, -0.1) is 0 Å². The molecule has 116 valence electrons. The standard InChI is InChI=1S/C15H16ClN3O3/c1-10(11-5-3-4-6-12(11)16)17-13(20)9-19-8-7-14(21)18(2)15(19)22/h3-8,10H,9H2,1-2H3,(H,17,20)/t10-/m0/s1. The Morgan fingerprint density at radius 2 is 1.95 bits per heavy atom. The lowest BCUT2D eigenvalue weighted by atomic mass is 10.1. The molecule has 1 aromatic carbocycles. The number of nitrogens with one attached hydrogen (secondary N) is 1. The quantitative estimate of drug-likeness (QED) is 0.915. The van der Waals surface area contributed by atoms with Gasteiger partial charge in [-0.1, -0.05) is 29.8 Å². The van der Waals surface area contributed by atoms with Crippen LogP contribution in [0, 0.1) is 0 Å². The van der Waals surface area contributed by atoms with Crippen molar-refractivity contribution in [3.63, 3.8) is 0 Å². The van der Waals surface area contributed by atoms with E-state index in [1.165, 1.54) is 23.9 Å². The van der Waals surface area contributed by atoms with Gasteiger partial charge >= 0.3 is 5.69 Å². The van der Waals surface area contributed by atoms with E-state index in [9.17, 15) is 14.4 Å². The summed E-state index contributed by atoms with van der Waals surface area (Å²) in [7, 11) is 1.37. The number of hydrogen-bond acceptors (Lipinski definition) is 3. The molecule has 2 rings (SSSR count). The molecule has 0 saturated carbocycles. The molecule has 0 aliphatic rings. The van der Waals surface area contributed by atoms with Crippen molar-refractivity contribution in [2.24, 2.45) is 7.05 Å². The number of carbonyl (C=O) groups is 1. The van der Waals surface area contributed by atoms with Gasteiger partial charge in [0.05, 0.1) is 6.04 Å². The summed E-state index contributed by atoms with van der Waals surface area (Å²) < 4.78 is 2.13. The van der Waals surface area contributed by atoms with E-state index in [0.717, 1.165) is 10.1 Å². The summed E-state index contributed by atoms with van der Waals surface area (Å²) in [4.78, 5) is 35.2. The maximum atomic E-state index is 12.1. The molecule has 0 bridgehead atoms. The van der Waals surface area contributed by atoms with E-state index in [1.54, 1.807) is 6.07 Å². The van der Waals surface area contributed by atoms with E-state index < -0.39 is 11.2 Å². The van der Waals surface area contributed by atoms with Crippen molar-refractivity contribution in [3.8, 4) is 0 Å². The van der Waals surface area contributed by atoms with E-state index in [-0.39, 0.29) is 18.5 Å². The lowest BCUT2D eigenvalue weighted by molar-refractivity contribution is -0.122. The maximum Gasteiger partial charge on any atom is 0.331 e. The molecule has 0 saturated heterocycles. The summed E-state index contributed by atoms with van der Waals surface area (Å²) in [5.74, 6) is -0.340. The van der Waals surface area contributed by atoms with Crippen LogP contribution in [0.25, 0.3) is 0 Å². The third kappa shape index (κ3) is 3.46. The zero-order valence-electron chi connectivity index (χ0n) is 12.2. The van der Waals surface area contributed by atoms with Crippen molar-refractivity contribution in [2.45, 2.75) is 19.5 Å². The molecule has 7 heteroatoms. The zero-order valence-corrected chi connectivity index (χ0v) is 13.0. The molecule has 0 unspecified atom stereocenters. The summed E-state index contributed by atoms with van der Waals surface area (Å²) in [5.41, 5.74) is -0.149. The number of aromatic nitrogens is 2. The van der Waals surface area contributed by atoms with E-state index >= 15 is 0 Å². The number of amides is 1. The SMILES string of the molecule is C[C@H](NC(=O)Cn1ccc(=O)n(C)c1=O)c1ccccc1Cl. The second-order valence-corrected chi connectivity index (χ2v) is 5.34. The van der Waals surface area contributed by atoms with Gasteiger partial charge in [0.25, 0.3) is 5.56 Å². The smallest absolute Gasteiger partial charge is 0.331 e. The lowest BCUT2D eigenvalue weighted by Crippen LogP contribution is -2.40. The average Bonchev–Trinajstić information content (AvgIpc) is 2.48. The Morgan fingerprint density at radius 3 is 2.64 bits per heavy atom. The lowest BCUT2D eigenvalue weighted by Gasteiger charge is -2.16. The largest absolute Gasteiger partial charge is 0.348 e. The Hall–Kier alpha value is -2.34. The van der Waals surface area contributed by atoms with Crippen LogP contribution in [0.2, 0.25) is 5.02 Å². The van der Waals surface area contributed by atoms with Crippen LogP contribution in [-0.4, -0.2) is 15.0 Å². The summed E-state index contributed by atoms with van der Waals surface area (Å²) in [5, 5.41) is 3.34. The number of carbonyl (C=O) groups excluding carboxylic acids is 1. The molecule has 0 aliphatic carbocycles. The van der Waals surface area contributed by atoms with Gasteiger partial charge in [-0.25, -0.2) is 4.79 Å². The molecule has 1 atom stereocenters. The molecular weight excluding hydrogens is 306 g/mol. The summed E-state index contributed by atoms with van der Waals surface area (Å²) in [6.07, 6.45) is 1.31. The van der Waals surface area contributed by atoms with Crippen LogP contribution in [0.1, 0.15) is 18.5 Å². The molecule has 1 heterocycles. The first kappa shape index (κ1) is 16.0. The minimum atomic E-state index is -0.534. The van der Waals surface area contributed by atoms with Crippen molar-refractivity contribution < 1.29 is 4.79 Å². The van der Waals surface area contributed by atoms with Crippen LogP contribution in [0.5, 0.6) is 0 Å². The third-order valence-corrected chi connectivity index (χ3v) is 3.67. The molecule has 2 aromatic rings. The first-order chi connectivity index (χ1) is 10.4. The highest BCUT2D eigenvalue weighted by Gasteiger charge is 2.13. The predicted octanol–water partition coefficient (Wildman–Crippen LogP) is 1.08. The van der Waals surface area contributed by atoms with Crippen LogP contribution < -0.4 is 16.6 Å². The molecule has 0 spiro atoms. The molecule has 1 amide bonds. The summed E-state index contributed by atoms with van der Waals surface area (Å²) >= 11 is 6.08. The minimum absolute atomic E-state index is 0.165. The Kier molecular flexibility index (Phi) is 4.82. The Bertz CT molecular complexity index is 810. The van der Waals surface area contributed by atoms with Crippen LogP contribution >= 0.6 is 11.6 Å². The van der Waals surface area contributed by atoms with Crippen molar-refractivity contribution in [2.75, 3.05) is 0 Å². The highest BCUT2D eigenvalue weighted by Crippen LogP contribution is 2.21. The molecule has 0 aliphatic heterocycles. The molecule has 1 aromatic heterocycles. The highest BCUT2D eigenvalue weighted by atomic mass is 35.5. The second kappa shape index (κ2) is 6.62. The minimum Gasteiger partial charge on any atom is -0.348 e. The maximum absolute atomic E-state index is 12.1. The second-order valence-electron chi connectivity index (χ2n) is 4.93. The number of nitrogens with zero attached hydrogens (tertiary/aromatic N) is 2. The fourth-order valence-electron chi connectivity index (χ4n) is 2.08. The van der Waals surface area contributed by atoms with Gasteiger partial charge in [0.1, 0.15) is 6.54 Å². The Balaban J connectivity index is 2.11. The highest BCUT2D eigenvalue weighted by molar-refractivity contribution is 6.31. The van der Waals surface area contributed by atoms with Crippen molar-refractivity contribution in [1.82, 2.24) is 14.5 Å². The first-order valence-electron chi connectivity index (χ1n) is 6.70. The first-order valence-corrected chi connectivity index (χ1v) is 7.08. The zero-order chi connectivity index (χ0) is 16.3. The van der Waals surface area contributed by atoms with Crippen LogP contribution in [0.4, 0.5) is 0 Å². The predicted molar refractivity (Wildman–Crippen MR) is 84.0 cm³/mol. The normalized spacial score (nSPS) is 12.0. The number of hydrogen-bond donors (Lipinski definition) is 1. The summed E-state index contributed by atoms with van der Waals surface area (Å²) in [6, 6.07) is 8.17. The molecule has 0 radical (unpaired) electrons. The third-order valence-electron chi connectivity index (χ3n) is 3.32. The van der Waals surface area contributed by atoms with E-state index in [2.05, 4.69) is 5.32 Å². The van der Waals surface area contributed by atoms with Gasteiger partial charge in [-0.2, -0.15) is 0 Å². The number of rotatable bonds is 4. The molecule has 6 nitrogen and oxygen atoms in total. The van der Waals surface area contributed by atoms with Crippen LogP contribution in [0.15, 0.2) is 46.1 Å². The van der Waals surface area contributed by atoms with E-state index in [4.69, 9.17) is 11.6 Å². The average molecular weight is 322 g/mol. The number of halogens is 1. The fourth-order valence-corrected chi connectivity index (χ4v) is 2.38. The van der Waals surface area contributed by atoms with Gasteiger partial charge in [0.15, 0.2) is 0 Å². The topological polar surface area (TPSA) is 73.1 Å². The van der Waals surface area contributed by atoms with E-state index in [1.807, 2.05) is 25.1 Å². The molecule has 1 N–H and O–H groups in total. The van der Waals surface area contributed by atoms with Crippen LogP contribution in [-0.2, 0) is 18.4 Å². The van der Waals surface area contributed by atoms with E-state index in [0.29, 0.717) is 5.02 Å². The monoisotopic (exact) mass is 321 g/mol. The Labute approximate surface area is 132 Å². The Morgan fingerprint density at radius 1 is 1.27 bits per heavy atom. The van der Waals surface area contributed by atoms with Gasteiger partial charge in [-0.3, -0.25) is 18.7 Å².